The zero-order chi connectivity index (χ0) is 50.9. The molecule has 0 saturated carbocycles. The molecule has 0 radical (unpaired) electrons. The molecule has 2 aliphatic rings. The number of ether oxygens (including phenoxy) is 2. The summed E-state index contributed by atoms with van der Waals surface area (Å²) in [6.45, 7) is 11.1. The Bertz CT molecular complexity index is 2980. The van der Waals surface area contributed by atoms with Crippen LogP contribution in [-0.4, -0.2) is 112 Å². The number of hydrogen-bond acceptors (Lipinski definition) is 14. The van der Waals surface area contributed by atoms with Crippen LogP contribution >= 0.6 is 34.5 Å². The third-order valence-corrected chi connectivity index (χ3v) is 15.2. The summed E-state index contributed by atoms with van der Waals surface area (Å²) < 4.78 is 14.7. The molecule has 2 aliphatic heterocycles. The van der Waals surface area contributed by atoms with Crippen LogP contribution in [0.4, 0.5) is 17.5 Å². The summed E-state index contributed by atoms with van der Waals surface area (Å²) in [7, 11) is 4.67. The highest BCUT2D eigenvalue weighted by Gasteiger charge is 2.32. The van der Waals surface area contributed by atoms with Gasteiger partial charge in [0.2, 0.25) is 11.9 Å². The number of thiophene rings is 1. The predicted molar refractivity (Wildman–Crippen MR) is 287 cm³/mol. The van der Waals surface area contributed by atoms with Crippen molar-refractivity contribution in [2.45, 2.75) is 91.0 Å². The average Bonchev–Trinajstić information content (AvgIpc) is 3.86. The monoisotopic (exact) mass is 1040 g/mol. The average molecular weight is 1040 g/mol. The van der Waals surface area contributed by atoms with Crippen LogP contribution in [-0.2, 0) is 16.6 Å². The minimum Gasteiger partial charge on any atom is -0.494 e. The van der Waals surface area contributed by atoms with E-state index in [1.807, 2.05) is 37.3 Å². The van der Waals surface area contributed by atoms with E-state index in [-0.39, 0.29) is 36.2 Å². The van der Waals surface area contributed by atoms with Gasteiger partial charge in [-0.25, -0.2) is 4.98 Å². The quantitative estimate of drug-likeness (QED) is 0.0550. The molecule has 0 bridgehead atoms. The number of piperazine rings is 1. The van der Waals surface area contributed by atoms with E-state index in [9.17, 15) is 14.4 Å². The lowest BCUT2D eigenvalue weighted by Gasteiger charge is -2.34. The molecule has 1 fully saturated rings. The highest BCUT2D eigenvalue weighted by Crippen LogP contribution is 2.40. The van der Waals surface area contributed by atoms with E-state index in [0.29, 0.717) is 56.5 Å². The fourth-order valence-electron chi connectivity index (χ4n) is 9.33. The molecule has 6 aromatic rings. The van der Waals surface area contributed by atoms with E-state index in [1.54, 1.807) is 36.7 Å². The fourth-order valence-corrected chi connectivity index (χ4v) is 10.8. The Labute approximate surface area is 434 Å². The van der Waals surface area contributed by atoms with Crippen molar-refractivity contribution in [2.24, 2.45) is 12.0 Å². The first-order valence-corrected chi connectivity index (χ1v) is 26.4. The number of benzene rings is 2. The molecular weight excluding hydrogens is 976 g/mol. The van der Waals surface area contributed by atoms with Gasteiger partial charge in [-0.3, -0.25) is 28.8 Å². The highest BCUT2D eigenvalue weighted by molar-refractivity contribution is 7.15. The second-order valence-electron chi connectivity index (χ2n) is 18.4. The fraction of sp³-hybridized carbons (Fsp3) is 0.462. The zero-order valence-corrected chi connectivity index (χ0v) is 44.3. The lowest BCUT2D eigenvalue weighted by atomic mass is 9.99. The van der Waals surface area contributed by atoms with Gasteiger partial charge in [-0.1, -0.05) is 80.3 Å². The maximum absolute atomic E-state index is 13.4. The summed E-state index contributed by atoms with van der Waals surface area (Å²) in [4.78, 5) is 58.7. The molecule has 0 spiro atoms. The first kappa shape index (κ1) is 52.2. The SMILES string of the molecule is CNC(=O)COc1cc2cc(Nc3nc(N4CCN(CCCCCCCCCCCNC(=O)C[C@@H]5N=C(c6ccc(Cl)cc6)c6c(sc(C)c6C)-n6c(C)nnc65)CC4)ncc3Cl)cc(OC)c2n(C)c1=O. The van der Waals surface area contributed by atoms with Crippen LogP contribution in [0.1, 0.15) is 103 Å². The van der Waals surface area contributed by atoms with Crippen molar-refractivity contribution in [3.8, 4) is 16.5 Å². The highest BCUT2D eigenvalue weighted by atomic mass is 35.5. The normalized spacial score (nSPS) is 14.6. The van der Waals surface area contributed by atoms with Gasteiger partial charge < -0.3 is 34.9 Å². The number of anilines is 3. The minimum atomic E-state index is -0.477. The molecule has 3 N–H and O–H groups in total. The number of fused-ring (bicyclic) bond motifs is 4. The number of pyridine rings is 1. The van der Waals surface area contributed by atoms with Crippen molar-refractivity contribution in [3.05, 3.63) is 102 Å². The van der Waals surface area contributed by atoms with Crippen LogP contribution in [0.5, 0.6) is 11.5 Å². The van der Waals surface area contributed by atoms with Gasteiger partial charge in [0.25, 0.3) is 11.5 Å². The van der Waals surface area contributed by atoms with E-state index in [0.717, 1.165) is 79.7 Å². The van der Waals surface area contributed by atoms with Crippen molar-refractivity contribution in [3.63, 3.8) is 0 Å². The molecule has 20 heteroatoms. The van der Waals surface area contributed by atoms with Crippen molar-refractivity contribution in [2.75, 3.05) is 70.2 Å². The standard InChI is InChI=1S/C52H64Cl2N12O5S/c1-32-33(2)72-51-45(32)46(35-16-18-37(53)19-17-35)59-40(49-62-61-34(3)66(49)51)29-43(67)56-20-14-12-10-8-7-9-11-13-15-21-64-22-24-65(25-23-64)52-57-30-39(54)48(60-52)58-38-26-36-27-42(71-31-44(68)55-4)50(69)63(5)47(36)41(28-38)70-6/h16-19,26-28,30,40H,7-15,20-25,29,31H2,1-6H3,(H,55,68)(H,56,67)(H,57,58,60)/t40-/m0/s1. The molecule has 0 aliphatic carbocycles. The zero-order valence-electron chi connectivity index (χ0n) is 41.9. The number of carbonyl (C=O) groups is 2. The lowest BCUT2D eigenvalue weighted by molar-refractivity contribution is -0.123. The smallest absolute Gasteiger partial charge is 0.293 e. The molecule has 6 heterocycles. The summed E-state index contributed by atoms with van der Waals surface area (Å²) >= 11 is 14.6. The topological polar surface area (TPSA) is 186 Å². The van der Waals surface area contributed by atoms with Crippen LogP contribution in [0, 0.1) is 20.8 Å². The van der Waals surface area contributed by atoms with E-state index < -0.39 is 6.04 Å². The van der Waals surface area contributed by atoms with Crippen molar-refractivity contribution >= 4 is 80.4 Å². The summed E-state index contributed by atoms with van der Waals surface area (Å²) in [5.41, 5.74) is 4.85. The molecular formula is C52H64Cl2N12O5S. The largest absolute Gasteiger partial charge is 0.494 e. The van der Waals surface area contributed by atoms with Gasteiger partial charge in [0.15, 0.2) is 24.0 Å². The van der Waals surface area contributed by atoms with Gasteiger partial charge in [-0.15, -0.1) is 21.5 Å². The molecule has 2 aromatic carbocycles. The Balaban J connectivity index is 0.718. The number of aliphatic imine (C=N–C) groups is 1. The number of likely N-dealkylation sites (N-methyl/N-ethyl adjacent to an activating group) is 1. The predicted octanol–water partition coefficient (Wildman–Crippen LogP) is 8.81. The Morgan fingerprint density at radius 1 is 0.875 bits per heavy atom. The van der Waals surface area contributed by atoms with Gasteiger partial charge in [0.1, 0.15) is 27.6 Å². The van der Waals surface area contributed by atoms with Crippen LogP contribution in [0.25, 0.3) is 15.9 Å². The number of methoxy groups -OCH3 is 1. The van der Waals surface area contributed by atoms with Crippen LogP contribution in [0.2, 0.25) is 10.0 Å². The number of hydrogen-bond donors (Lipinski definition) is 3. The third-order valence-electron chi connectivity index (χ3n) is 13.5. The molecule has 17 nitrogen and oxygen atoms in total. The molecule has 0 unspecified atom stereocenters. The molecule has 8 rings (SSSR count). The molecule has 2 amide bonds. The summed E-state index contributed by atoms with van der Waals surface area (Å²) in [5.74, 6) is 2.64. The second-order valence-corrected chi connectivity index (χ2v) is 20.5. The van der Waals surface area contributed by atoms with E-state index >= 15 is 0 Å². The van der Waals surface area contributed by atoms with E-state index in [4.69, 9.17) is 42.7 Å². The number of carbonyl (C=O) groups excluding carboxylic acids is 2. The lowest BCUT2D eigenvalue weighted by Crippen LogP contribution is -2.47. The number of halogens is 2. The molecule has 1 atom stereocenters. The Kier molecular flexibility index (Phi) is 17.5. The van der Waals surface area contributed by atoms with Crippen molar-refractivity contribution in [1.29, 1.82) is 0 Å². The van der Waals surface area contributed by atoms with Crippen LogP contribution in [0.3, 0.4) is 0 Å². The molecule has 72 heavy (non-hydrogen) atoms. The number of rotatable bonds is 22. The summed E-state index contributed by atoms with van der Waals surface area (Å²) in [6.07, 6.45) is 12.3. The van der Waals surface area contributed by atoms with Crippen molar-refractivity contribution < 1.29 is 19.1 Å². The second kappa shape index (κ2) is 24.1. The number of nitrogens with one attached hydrogen (secondary N) is 3. The van der Waals surface area contributed by atoms with Gasteiger partial charge in [0, 0.05) is 85.0 Å². The maximum atomic E-state index is 13.4. The summed E-state index contributed by atoms with van der Waals surface area (Å²) in [6, 6.07) is 12.5. The Morgan fingerprint density at radius 3 is 2.29 bits per heavy atom. The first-order chi connectivity index (χ1) is 34.8. The van der Waals surface area contributed by atoms with Crippen molar-refractivity contribution in [1.82, 2.24) is 44.8 Å². The minimum absolute atomic E-state index is 0.0356. The van der Waals surface area contributed by atoms with Gasteiger partial charge in [-0.2, -0.15) is 4.98 Å². The third kappa shape index (κ3) is 12.2. The van der Waals surface area contributed by atoms with Crippen LogP contribution < -0.4 is 35.9 Å². The van der Waals surface area contributed by atoms with Gasteiger partial charge in [-0.05, 0) is 70.0 Å². The van der Waals surface area contributed by atoms with Gasteiger partial charge >= 0.3 is 0 Å². The Hall–Kier alpha value is -6.08. The molecule has 1 saturated heterocycles. The number of amides is 2. The molecule has 382 valence electrons. The number of aryl methyl sites for hydroxylation is 3. The number of nitrogens with zero attached hydrogens (tertiary/aromatic N) is 9. The molecule has 4 aromatic heterocycles. The Morgan fingerprint density at radius 2 is 1.58 bits per heavy atom. The van der Waals surface area contributed by atoms with E-state index in [2.05, 4.69) is 59.3 Å². The summed E-state index contributed by atoms with van der Waals surface area (Å²) in [5, 5.41) is 20.6. The first-order valence-electron chi connectivity index (χ1n) is 24.8. The van der Waals surface area contributed by atoms with E-state index in [1.165, 1.54) is 67.7 Å². The maximum Gasteiger partial charge on any atom is 0.293 e. The number of aromatic nitrogens is 6. The van der Waals surface area contributed by atoms with Crippen LogP contribution in [0.15, 0.2) is 58.4 Å². The number of unbranched alkanes of at least 4 members (excludes halogenated alkanes) is 8. The van der Waals surface area contributed by atoms with Gasteiger partial charge in [0.05, 0.1) is 31.0 Å².